The first-order valence-corrected chi connectivity index (χ1v) is 14.5. The molecule has 5 N–H and O–H groups in total. The van der Waals surface area contributed by atoms with Crippen molar-refractivity contribution in [2.45, 2.75) is 129 Å². The van der Waals surface area contributed by atoms with Crippen molar-refractivity contribution in [3.8, 4) is 0 Å². The Morgan fingerprint density at radius 1 is 0.811 bits per heavy atom. The number of carboxylic acid groups (broad SMARTS) is 2. The highest BCUT2D eigenvalue weighted by molar-refractivity contribution is 5.78. The monoisotopic (exact) mass is 522 g/mol. The van der Waals surface area contributed by atoms with Crippen molar-refractivity contribution < 1.29 is 35.1 Å². The Balaban J connectivity index is 1.65. The van der Waals surface area contributed by atoms with Crippen LogP contribution >= 0.6 is 0 Å². The van der Waals surface area contributed by atoms with Crippen LogP contribution in [0.25, 0.3) is 0 Å². The Kier molecular flexibility index (Phi) is 6.95. The molecule has 0 saturated heterocycles. The number of carboxylic acids is 2. The Morgan fingerprint density at radius 2 is 1.43 bits per heavy atom. The van der Waals surface area contributed by atoms with Gasteiger partial charge in [-0.3, -0.25) is 4.79 Å². The zero-order valence-corrected chi connectivity index (χ0v) is 23.7. The molecule has 10 atom stereocenters. The summed E-state index contributed by atoms with van der Waals surface area (Å²) in [6.45, 7) is 12.1. The van der Waals surface area contributed by atoms with Gasteiger partial charge < -0.3 is 25.5 Å². The highest BCUT2D eigenvalue weighted by Gasteiger charge is 2.71. The zero-order valence-electron chi connectivity index (χ0n) is 23.7. The van der Waals surface area contributed by atoms with Crippen molar-refractivity contribution in [3.63, 3.8) is 0 Å². The van der Waals surface area contributed by atoms with Crippen LogP contribution < -0.4 is 0 Å². The van der Waals surface area contributed by atoms with Gasteiger partial charge in [0.1, 0.15) is 0 Å². The molecule has 0 aromatic heterocycles. The van der Waals surface area contributed by atoms with Crippen LogP contribution in [0.15, 0.2) is 0 Å². The summed E-state index contributed by atoms with van der Waals surface area (Å²) in [4.78, 5) is 25.0. The van der Waals surface area contributed by atoms with E-state index >= 15 is 0 Å². The van der Waals surface area contributed by atoms with Gasteiger partial charge in [0.05, 0.1) is 17.1 Å². The van der Waals surface area contributed by atoms with Crippen LogP contribution in [0.5, 0.6) is 0 Å². The fourth-order valence-electron chi connectivity index (χ4n) is 10.5. The number of aliphatic hydroxyl groups excluding tert-OH is 1. The number of hydrogen-bond donors (Lipinski definition) is 5. The van der Waals surface area contributed by atoms with E-state index in [1.807, 2.05) is 0 Å². The summed E-state index contributed by atoms with van der Waals surface area (Å²) >= 11 is 0. The summed E-state index contributed by atoms with van der Waals surface area (Å²) in [7, 11) is 0. The second-order valence-electron chi connectivity index (χ2n) is 14.9. The van der Waals surface area contributed by atoms with Gasteiger partial charge in [-0.1, -0.05) is 20.8 Å². The first-order chi connectivity index (χ1) is 16.9. The second-order valence-corrected chi connectivity index (χ2v) is 14.9. The lowest BCUT2D eigenvalue weighted by atomic mass is 9.35. The van der Waals surface area contributed by atoms with Crippen LogP contribution in [-0.4, -0.2) is 54.8 Å². The van der Waals surface area contributed by atoms with Crippen LogP contribution in [0.2, 0.25) is 0 Å². The van der Waals surface area contributed by atoms with E-state index in [2.05, 4.69) is 20.8 Å². The Hall–Kier alpha value is -1.18. The summed E-state index contributed by atoms with van der Waals surface area (Å²) in [6.07, 6.45) is 6.32. The van der Waals surface area contributed by atoms with Crippen LogP contribution in [0, 0.1) is 45.3 Å². The van der Waals surface area contributed by atoms with E-state index < -0.39 is 34.7 Å². The maximum absolute atomic E-state index is 12.5. The lowest BCUT2D eigenvalue weighted by Crippen LogP contribution is -2.66. The molecule has 212 valence electrons. The minimum atomic E-state index is -1.81. The number of carbonyl (C=O) groups is 2. The third-order valence-electron chi connectivity index (χ3n) is 12.8. The summed E-state index contributed by atoms with van der Waals surface area (Å²) in [5.74, 6) is -2.13. The molecule has 4 rings (SSSR count). The highest BCUT2D eigenvalue weighted by Crippen LogP contribution is 2.75. The second kappa shape index (κ2) is 8.92. The molecule has 0 heterocycles. The fraction of sp³-hybridized carbons (Fsp3) is 0.933. The predicted molar refractivity (Wildman–Crippen MR) is 140 cm³/mol. The molecule has 0 aliphatic heterocycles. The lowest BCUT2D eigenvalue weighted by Gasteiger charge is -2.69. The van der Waals surface area contributed by atoms with Gasteiger partial charge in [-0.2, -0.15) is 0 Å². The molecular formula is C30H50O7. The van der Waals surface area contributed by atoms with Gasteiger partial charge in [-0.05, 0) is 125 Å². The topological polar surface area (TPSA) is 135 Å². The Bertz CT molecular complexity index is 927. The smallest absolute Gasteiger partial charge is 0.335 e. The molecule has 0 aromatic rings. The van der Waals surface area contributed by atoms with E-state index in [1.54, 1.807) is 20.8 Å². The summed E-state index contributed by atoms with van der Waals surface area (Å²) < 4.78 is 0. The maximum atomic E-state index is 12.5. The van der Waals surface area contributed by atoms with Crippen molar-refractivity contribution in [2.75, 3.05) is 0 Å². The van der Waals surface area contributed by atoms with Gasteiger partial charge >= 0.3 is 11.9 Å². The van der Waals surface area contributed by atoms with E-state index in [-0.39, 0.29) is 46.3 Å². The van der Waals surface area contributed by atoms with Gasteiger partial charge in [0.2, 0.25) is 0 Å². The Labute approximate surface area is 222 Å². The molecule has 4 saturated carbocycles. The summed E-state index contributed by atoms with van der Waals surface area (Å²) in [5.41, 5.74) is -4.32. The van der Waals surface area contributed by atoms with Gasteiger partial charge in [0.25, 0.3) is 0 Å². The molecular weight excluding hydrogens is 472 g/mol. The number of hydrogen-bond acceptors (Lipinski definition) is 5. The Morgan fingerprint density at radius 3 is 2.00 bits per heavy atom. The minimum Gasteiger partial charge on any atom is -0.481 e. The van der Waals surface area contributed by atoms with Crippen LogP contribution in [0.4, 0.5) is 0 Å². The van der Waals surface area contributed by atoms with E-state index in [4.69, 9.17) is 0 Å². The SMILES string of the molecule is CC(C)(O)CCC[C@@](O)(C(=O)O)[C@H]1CC[C@]2(C)[C@@H]1CC[C@@H]1[C@@]3(C)CC[C@H](O)[C@](C)(C(=O)O)[C@@H]3CC[C@]12C. The third-order valence-corrected chi connectivity index (χ3v) is 12.8. The molecule has 4 aliphatic rings. The van der Waals surface area contributed by atoms with Crippen molar-refractivity contribution in [3.05, 3.63) is 0 Å². The molecule has 0 radical (unpaired) electrons. The molecule has 4 aliphatic carbocycles. The molecule has 0 aromatic carbocycles. The van der Waals surface area contributed by atoms with Crippen LogP contribution in [-0.2, 0) is 9.59 Å². The molecule has 0 spiro atoms. The minimum absolute atomic E-state index is 0.0807. The quantitative estimate of drug-likeness (QED) is 0.322. The number of rotatable bonds is 7. The van der Waals surface area contributed by atoms with E-state index in [0.717, 1.165) is 38.5 Å². The van der Waals surface area contributed by atoms with Crippen LogP contribution in [0.1, 0.15) is 112 Å². The van der Waals surface area contributed by atoms with E-state index in [1.165, 1.54) is 0 Å². The highest BCUT2D eigenvalue weighted by atomic mass is 16.4. The average molecular weight is 523 g/mol. The van der Waals surface area contributed by atoms with Crippen molar-refractivity contribution >= 4 is 11.9 Å². The number of fused-ring (bicyclic) bond motifs is 5. The first-order valence-electron chi connectivity index (χ1n) is 14.5. The lowest BCUT2D eigenvalue weighted by molar-refractivity contribution is -0.233. The van der Waals surface area contributed by atoms with Gasteiger partial charge in [0.15, 0.2) is 5.60 Å². The third kappa shape index (κ3) is 4.00. The van der Waals surface area contributed by atoms with Crippen molar-refractivity contribution in [1.82, 2.24) is 0 Å². The molecule has 4 fully saturated rings. The zero-order chi connectivity index (χ0) is 27.8. The maximum Gasteiger partial charge on any atom is 0.335 e. The molecule has 37 heavy (non-hydrogen) atoms. The van der Waals surface area contributed by atoms with E-state index in [9.17, 15) is 35.1 Å². The van der Waals surface area contributed by atoms with Crippen molar-refractivity contribution in [2.24, 2.45) is 45.3 Å². The molecule has 0 amide bonds. The van der Waals surface area contributed by atoms with Gasteiger partial charge in [0, 0.05) is 5.92 Å². The molecule has 0 unspecified atom stereocenters. The number of aliphatic carboxylic acids is 2. The first kappa shape index (κ1) is 28.8. The molecule has 7 nitrogen and oxygen atoms in total. The predicted octanol–water partition coefficient (Wildman–Crippen LogP) is 4.85. The largest absolute Gasteiger partial charge is 0.481 e. The standard InChI is InChI=1S/C30H50O7/c1-25(2,36)13-7-14-30(37,24(34)35)19-10-16-27(4)18(19)8-9-20-26(3)15-12-22(31)29(6,23(32)33)21(26)11-17-28(20,27)5/h18-22,31,36-37H,7-17H2,1-6H3,(H,32,33)(H,34,35)/t18-,19+,20-,21-,22+,26-,27-,28-,29-,30+/m1/s1. The van der Waals surface area contributed by atoms with E-state index in [0.29, 0.717) is 25.7 Å². The van der Waals surface area contributed by atoms with Crippen LogP contribution in [0.3, 0.4) is 0 Å². The average Bonchev–Trinajstić information content (AvgIpc) is 3.14. The van der Waals surface area contributed by atoms with Crippen molar-refractivity contribution in [1.29, 1.82) is 0 Å². The number of aliphatic hydroxyl groups is 3. The summed E-state index contributed by atoms with van der Waals surface area (Å²) in [6, 6.07) is 0. The van der Waals surface area contributed by atoms with Gasteiger partial charge in [-0.25, -0.2) is 4.79 Å². The molecule has 0 bridgehead atoms. The van der Waals surface area contributed by atoms with Gasteiger partial charge in [-0.15, -0.1) is 0 Å². The molecule has 7 heteroatoms. The normalized spacial score (nSPS) is 47.3. The summed E-state index contributed by atoms with van der Waals surface area (Å²) in [5, 5.41) is 53.1. The fourth-order valence-corrected chi connectivity index (χ4v) is 10.5.